The second-order valence-corrected chi connectivity index (χ2v) is 3.02. The lowest BCUT2D eigenvalue weighted by molar-refractivity contribution is -0.385. The van der Waals surface area contributed by atoms with Gasteiger partial charge in [0.25, 0.3) is 0 Å². The number of nitro groups is 1. The lowest BCUT2D eigenvalue weighted by Gasteiger charge is -1.98. The topological polar surface area (TPSA) is 68.9 Å². The summed E-state index contributed by atoms with van der Waals surface area (Å²) in [6, 6.07) is 0. The van der Waals surface area contributed by atoms with Crippen LogP contribution in [0.5, 0.6) is 0 Å². The van der Waals surface area contributed by atoms with E-state index in [9.17, 15) is 10.1 Å². The van der Waals surface area contributed by atoms with Crippen molar-refractivity contribution < 1.29 is 4.92 Å². The summed E-state index contributed by atoms with van der Waals surface area (Å²) in [5.41, 5.74) is -0.478. The van der Waals surface area contributed by atoms with E-state index in [0.717, 1.165) is 0 Å². The highest BCUT2D eigenvalue weighted by molar-refractivity contribution is 7.79. The third-order valence-corrected chi connectivity index (χ3v) is 1.98. The molecule has 0 aromatic carbocycles. The molecule has 0 aliphatic carbocycles. The Morgan fingerprint density at radius 2 is 1.85 bits per heavy atom. The van der Waals surface area contributed by atoms with Gasteiger partial charge in [0.05, 0.1) is 10.7 Å². The molecule has 0 radical (unpaired) electrons. The lowest BCUT2D eigenvalue weighted by atomic mass is 10.5. The average Bonchev–Trinajstić information content (AvgIpc) is 2.02. The first kappa shape index (κ1) is 10.5. The van der Waals surface area contributed by atoms with Crippen LogP contribution in [0.25, 0.3) is 0 Å². The fourth-order valence-corrected chi connectivity index (χ4v) is 1.37. The minimum absolute atomic E-state index is 0.220. The smallest absolute Gasteiger partial charge is 0.258 e. The van der Waals surface area contributed by atoms with Crippen LogP contribution in [0, 0.1) is 10.1 Å². The van der Waals surface area contributed by atoms with Gasteiger partial charge in [-0.2, -0.15) is 12.6 Å². The van der Waals surface area contributed by atoms with E-state index in [2.05, 4.69) is 22.6 Å². The van der Waals surface area contributed by atoms with Crippen molar-refractivity contribution in [3.8, 4) is 0 Å². The quantitative estimate of drug-likeness (QED) is 0.372. The molecular formula is C5H3Cl2N3O2S. The first-order valence-corrected chi connectivity index (χ1v) is 4.42. The SMILES string of the molecule is O=[N+]([O-])c1c(Cl)nc(CS)nc1Cl. The Labute approximate surface area is 88.7 Å². The Hall–Kier alpha value is -0.590. The fraction of sp³-hybridized carbons (Fsp3) is 0.200. The maximum atomic E-state index is 10.4. The van der Waals surface area contributed by atoms with Crippen LogP contribution in [-0.4, -0.2) is 14.9 Å². The maximum absolute atomic E-state index is 10.4. The molecule has 1 heterocycles. The highest BCUT2D eigenvalue weighted by Crippen LogP contribution is 2.29. The van der Waals surface area contributed by atoms with Gasteiger partial charge in [0, 0.05) is 0 Å². The zero-order chi connectivity index (χ0) is 10.0. The van der Waals surface area contributed by atoms with Gasteiger partial charge in [0.15, 0.2) is 0 Å². The number of nitrogens with zero attached hydrogens (tertiary/aromatic N) is 3. The molecule has 0 bridgehead atoms. The van der Waals surface area contributed by atoms with Gasteiger partial charge < -0.3 is 0 Å². The molecule has 5 nitrogen and oxygen atoms in total. The highest BCUT2D eigenvalue weighted by Gasteiger charge is 2.21. The number of halogens is 2. The Balaban J connectivity index is 3.31. The molecule has 0 aliphatic rings. The molecule has 13 heavy (non-hydrogen) atoms. The summed E-state index contributed by atoms with van der Waals surface area (Å²) in [4.78, 5) is 16.9. The molecule has 0 saturated carbocycles. The van der Waals surface area contributed by atoms with Crippen LogP contribution in [0.3, 0.4) is 0 Å². The van der Waals surface area contributed by atoms with E-state index in [0.29, 0.717) is 0 Å². The summed E-state index contributed by atoms with van der Waals surface area (Å²) in [6.07, 6.45) is 0. The van der Waals surface area contributed by atoms with Crippen molar-refractivity contribution >= 4 is 41.5 Å². The molecule has 0 aliphatic heterocycles. The Morgan fingerprint density at radius 3 is 2.15 bits per heavy atom. The summed E-state index contributed by atoms with van der Waals surface area (Å²) < 4.78 is 0. The molecule has 8 heteroatoms. The van der Waals surface area contributed by atoms with E-state index in [1.807, 2.05) is 0 Å². The van der Waals surface area contributed by atoms with Crippen molar-refractivity contribution in [1.29, 1.82) is 0 Å². The zero-order valence-corrected chi connectivity index (χ0v) is 8.47. The minimum atomic E-state index is -0.729. The van der Waals surface area contributed by atoms with E-state index >= 15 is 0 Å². The van der Waals surface area contributed by atoms with Gasteiger partial charge >= 0.3 is 5.69 Å². The van der Waals surface area contributed by atoms with Gasteiger partial charge in [0.1, 0.15) is 5.82 Å². The second kappa shape index (κ2) is 4.08. The second-order valence-electron chi connectivity index (χ2n) is 1.99. The van der Waals surface area contributed by atoms with Gasteiger partial charge in [-0.05, 0) is 0 Å². The number of hydrogen-bond acceptors (Lipinski definition) is 5. The Bertz CT molecular complexity index is 337. The standard InChI is InChI=1S/C5H3Cl2N3O2S/c6-4-3(10(11)12)5(7)9-2(1-13)8-4/h13H,1H2. The molecule has 1 aromatic rings. The van der Waals surface area contributed by atoms with Crippen molar-refractivity contribution in [3.63, 3.8) is 0 Å². The Kier molecular flexibility index (Phi) is 3.29. The highest BCUT2D eigenvalue weighted by atomic mass is 35.5. The molecule has 0 atom stereocenters. The predicted molar refractivity (Wildman–Crippen MR) is 51.4 cm³/mol. The van der Waals surface area contributed by atoms with Gasteiger partial charge in [0.2, 0.25) is 10.3 Å². The molecule has 1 aromatic heterocycles. The van der Waals surface area contributed by atoms with Crippen molar-refractivity contribution in [2.75, 3.05) is 0 Å². The van der Waals surface area contributed by atoms with Crippen LogP contribution in [0.1, 0.15) is 5.82 Å². The molecule has 0 N–H and O–H groups in total. The van der Waals surface area contributed by atoms with Crippen LogP contribution < -0.4 is 0 Å². The zero-order valence-electron chi connectivity index (χ0n) is 6.07. The van der Waals surface area contributed by atoms with Gasteiger partial charge in [-0.3, -0.25) is 10.1 Å². The van der Waals surface area contributed by atoms with Gasteiger partial charge in [-0.1, -0.05) is 23.2 Å². The molecule has 0 spiro atoms. The van der Waals surface area contributed by atoms with Gasteiger partial charge in [-0.25, -0.2) is 9.97 Å². The normalized spacial score (nSPS) is 10.1. The monoisotopic (exact) mass is 239 g/mol. The number of thiol groups is 1. The average molecular weight is 240 g/mol. The lowest BCUT2D eigenvalue weighted by Crippen LogP contribution is -1.99. The van der Waals surface area contributed by atoms with Crippen LogP contribution in [0.15, 0.2) is 0 Å². The van der Waals surface area contributed by atoms with Crippen molar-refractivity contribution in [2.45, 2.75) is 5.75 Å². The van der Waals surface area contributed by atoms with E-state index in [1.165, 1.54) is 0 Å². The largest absolute Gasteiger partial charge is 0.343 e. The summed E-state index contributed by atoms with van der Waals surface area (Å²) in [5.74, 6) is 0.473. The molecule has 0 amide bonds. The summed E-state index contributed by atoms with van der Waals surface area (Å²) >= 11 is 14.9. The molecule has 0 unspecified atom stereocenters. The van der Waals surface area contributed by atoms with Crippen LogP contribution in [0.2, 0.25) is 10.3 Å². The van der Waals surface area contributed by atoms with Crippen LogP contribution >= 0.6 is 35.8 Å². The van der Waals surface area contributed by atoms with Crippen molar-refractivity contribution in [2.24, 2.45) is 0 Å². The summed E-state index contributed by atoms with van der Waals surface area (Å²) in [6.45, 7) is 0. The number of aromatic nitrogens is 2. The van der Waals surface area contributed by atoms with Gasteiger partial charge in [-0.15, -0.1) is 0 Å². The summed E-state index contributed by atoms with van der Waals surface area (Å²) in [7, 11) is 0. The first-order chi connectivity index (χ1) is 6.06. The van der Waals surface area contributed by atoms with Crippen molar-refractivity contribution in [3.05, 3.63) is 26.2 Å². The van der Waals surface area contributed by atoms with Crippen LogP contribution in [0.4, 0.5) is 5.69 Å². The van der Waals surface area contributed by atoms with Crippen LogP contribution in [-0.2, 0) is 5.75 Å². The maximum Gasteiger partial charge on any atom is 0.343 e. The van der Waals surface area contributed by atoms with E-state index in [4.69, 9.17) is 23.2 Å². The minimum Gasteiger partial charge on any atom is -0.258 e. The molecule has 0 saturated heterocycles. The first-order valence-electron chi connectivity index (χ1n) is 3.03. The number of rotatable bonds is 2. The Morgan fingerprint density at radius 1 is 1.38 bits per heavy atom. The molecular weight excluding hydrogens is 237 g/mol. The van der Waals surface area contributed by atoms with E-state index in [1.54, 1.807) is 0 Å². The third-order valence-electron chi connectivity index (χ3n) is 1.17. The number of hydrogen-bond donors (Lipinski definition) is 1. The molecule has 70 valence electrons. The fourth-order valence-electron chi connectivity index (χ4n) is 0.664. The predicted octanol–water partition coefficient (Wildman–Crippen LogP) is 2.12. The third kappa shape index (κ3) is 2.20. The van der Waals surface area contributed by atoms with E-state index in [-0.39, 0.29) is 21.9 Å². The van der Waals surface area contributed by atoms with E-state index < -0.39 is 10.6 Å². The summed E-state index contributed by atoms with van der Waals surface area (Å²) in [5, 5.41) is 9.84. The van der Waals surface area contributed by atoms with Crippen molar-refractivity contribution in [1.82, 2.24) is 9.97 Å². The molecule has 0 fully saturated rings. The molecule has 1 rings (SSSR count).